The zero-order chi connectivity index (χ0) is 18.4. The molecule has 0 atom stereocenters. The van der Waals surface area contributed by atoms with Crippen LogP contribution in [-0.2, 0) is 24.9 Å². The van der Waals surface area contributed by atoms with Crippen molar-refractivity contribution in [1.82, 2.24) is 24.6 Å². The lowest BCUT2D eigenvalue weighted by atomic mass is 10.1. The average molecular weight is 376 g/mol. The molecule has 1 aliphatic heterocycles. The molecule has 1 aliphatic rings. The molecule has 26 heavy (non-hydrogen) atoms. The van der Waals surface area contributed by atoms with Crippen molar-refractivity contribution in [1.29, 1.82) is 0 Å². The second-order valence-corrected chi connectivity index (χ2v) is 7.27. The molecular formula is C19H26ClN5O. The highest BCUT2D eigenvalue weighted by Gasteiger charge is 2.19. The van der Waals surface area contributed by atoms with Crippen molar-refractivity contribution in [2.45, 2.75) is 38.8 Å². The summed E-state index contributed by atoms with van der Waals surface area (Å²) in [6.07, 6.45) is 9.58. The third-order valence-corrected chi connectivity index (χ3v) is 5.05. The van der Waals surface area contributed by atoms with Gasteiger partial charge in [0.2, 0.25) is 5.91 Å². The van der Waals surface area contributed by atoms with Crippen molar-refractivity contribution >= 4 is 17.5 Å². The number of halogens is 1. The predicted octanol–water partition coefficient (Wildman–Crippen LogP) is 2.87. The van der Waals surface area contributed by atoms with Gasteiger partial charge in [0.25, 0.3) is 0 Å². The minimum absolute atomic E-state index is 0.126. The number of carbonyl (C=O) groups excluding carboxylic acids is 1. The first-order valence-corrected chi connectivity index (χ1v) is 9.56. The van der Waals surface area contributed by atoms with Gasteiger partial charge in [0.1, 0.15) is 5.69 Å². The summed E-state index contributed by atoms with van der Waals surface area (Å²) in [5, 5.41) is 4.98. The van der Waals surface area contributed by atoms with Crippen LogP contribution in [0, 0.1) is 0 Å². The number of likely N-dealkylation sites (tertiary alicyclic amines) is 1. The monoisotopic (exact) mass is 375 g/mol. The summed E-state index contributed by atoms with van der Waals surface area (Å²) in [5.41, 5.74) is 1.73. The molecule has 1 amide bonds. The van der Waals surface area contributed by atoms with E-state index in [4.69, 9.17) is 11.6 Å². The molecule has 0 spiro atoms. The SMILES string of the molecule is Cn1cc(Cl)c(CN(Cc2cccnc2)C(=O)CCN2CCCCC2)n1. The Labute approximate surface area is 159 Å². The van der Waals surface area contributed by atoms with Crippen LogP contribution in [-0.4, -0.2) is 50.1 Å². The fraction of sp³-hybridized carbons (Fsp3) is 0.526. The summed E-state index contributed by atoms with van der Waals surface area (Å²) in [6, 6.07) is 3.87. The third-order valence-electron chi connectivity index (χ3n) is 4.73. The smallest absolute Gasteiger partial charge is 0.224 e. The van der Waals surface area contributed by atoms with Gasteiger partial charge < -0.3 is 9.80 Å². The molecule has 6 nitrogen and oxygen atoms in total. The molecule has 3 heterocycles. The zero-order valence-electron chi connectivity index (χ0n) is 15.3. The number of pyridine rings is 1. The number of hydrogen-bond acceptors (Lipinski definition) is 4. The van der Waals surface area contributed by atoms with E-state index in [9.17, 15) is 4.79 Å². The van der Waals surface area contributed by atoms with Gasteiger partial charge in [-0.2, -0.15) is 5.10 Å². The van der Waals surface area contributed by atoms with Crippen LogP contribution in [0.25, 0.3) is 0 Å². The number of amides is 1. The number of aromatic nitrogens is 3. The second kappa shape index (κ2) is 9.14. The average Bonchev–Trinajstić information content (AvgIpc) is 2.98. The van der Waals surface area contributed by atoms with Crippen LogP contribution in [0.15, 0.2) is 30.7 Å². The summed E-state index contributed by atoms with van der Waals surface area (Å²) in [7, 11) is 1.83. The minimum atomic E-state index is 0.126. The van der Waals surface area contributed by atoms with Gasteiger partial charge in [0.05, 0.1) is 11.6 Å². The molecule has 2 aromatic heterocycles. The Bertz CT molecular complexity index is 712. The molecule has 2 aromatic rings. The van der Waals surface area contributed by atoms with Crippen molar-refractivity contribution in [3.05, 3.63) is 47.0 Å². The van der Waals surface area contributed by atoms with E-state index in [0.717, 1.165) is 30.9 Å². The highest BCUT2D eigenvalue weighted by Crippen LogP contribution is 2.18. The molecule has 0 aliphatic carbocycles. The highest BCUT2D eigenvalue weighted by atomic mass is 35.5. The van der Waals surface area contributed by atoms with Crippen LogP contribution in [0.2, 0.25) is 5.02 Å². The van der Waals surface area contributed by atoms with Crippen molar-refractivity contribution in [2.75, 3.05) is 19.6 Å². The first kappa shape index (κ1) is 18.9. The maximum atomic E-state index is 12.9. The molecule has 0 aromatic carbocycles. The van der Waals surface area contributed by atoms with E-state index in [1.54, 1.807) is 23.3 Å². The van der Waals surface area contributed by atoms with Crippen molar-refractivity contribution in [3.8, 4) is 0 Å². The Morgan fingerprint density at radius 3 is 2.73 bits per heavy atom. The molecule has 0 unspecified atom stereocenters. The Morgan fingerprint density at radius 1 is 1.27 bits per heavy atom. The lowest BCUT2D eigenvalue weighted by Crippen LogP contribution is -2.36. The van der Waals surface area contributed by atoms with Gasteiger partial charge in [-0.25, -0.2) is 0 Å². The van der Waals surface area contributed by atoms with Crippen molar-refractivity contribution in [2.24, 2.45) is 7.05 Å². The van der Waals surface area contributed by atoms with E-state index in [1.807, 2.05) is 24.1 Å². The highest BCUT2D eigenvalue weighted by molar-refractivity contribution is 6.31. The van der Waals surface area contributed by atoms with E-state index in [2.05, 4.69) is 15.0 Å². The second-order valence-electron chi connectivity index (χ2n) is 6.86. The van der Waals surface area contributed by atoms with Crippen LogP contribution >= 0.6 is 11.6 Å². The fourth-order valence-electron chi connectivity index (χ4n) is 3.33. The first-order valence-electron chi connectivity index (χ1n) is 9.19. The summed E-state index contributed by atoms with van der Waals surface area (Å²) < 4.78 is 1.68. The minimum Gasteiger partial charge on any atom is -0.332 e. The van der Waals surface area contributed by atoms with E-state index in [-0.39, 0.29) is 5.91 Å². The van der Waals surface area contributed by atoms with Gasteiger partial charge in [-0.1, -0.05) is 24.1 Å². The fourth-order valence-corrected chi connectivity index (χ4v) is 3.57. The molecule has 1 saturated heterocycles. The van der Waals surface area contributed by atoms with Gasteiger partial charge in [-0.15, -0.1) is 0 Å². The Hall–Kier alpha value is -1.92. The Balaban J connectivity index is 1.66. The third kappa shape index (κ3) is 5.29. The summed E-state index contributed by atoms with van der Waals surface area (Å²) in [4.78, 5) is 21.3. The number of aryl methyl sites for hydroxylation is 1. The maximum Gasteiger partial charge on any atom is 0.224 e. The van der Waals surface area contributed by atoms with Crippen LogP contribution in [0.4, 0.5) is 0 Å². The quantitative estimate of drug-likeness (QED) is 0.746. The molecule has 0 radical (unpaired) electrons. The standard InChI is InChI=1S/C19H26ClN5O/c1-23-14-17(20)18(22-23)15-25(13-16-6-5-8-21-12-16)19(26)7-11-24-9-3-2-4-10-24/h5-6,8,12,14H,2-4,7,9-11,13,15H2,1H3. The van der Waals surface area contributed by atoms with Crippen molar-refractivity contribution < 1.29 is 4.79 Å². The predicted molar refractivity (Wildman–Crippen MR) is 102 cm³/mol. The zero-order valence-corrected chi connectivity index (χ0v) is 16.0. The molecule has 0 saturated carbocycles. The van der Waals surface area contributed by atoms with Crippen LogP contribution in [0.3, 0.4) is 0 Å². The topological polar surface area (TPSA) is 54.3 Å². The molecule has 0 N–H and O–H groups in total. The first-order chi connectivity index (χ1) is 12.6. The van der Waals surface area contributed by atoms with Gasteiger partial charge in [-0.3, -0.25) is 14.5 Å². The van der Waals surface area contributed by atoms with Gasteiger partial charge in [0, 0.05) is 45.1 Å². The van der Waals surface area contributed by atoms with Crippen LogP contribution in [0.5, 0.6) is 0 Å². The lowest BCUT2D eigenvalue weighted by molar-refractivity contribution is -0.133. The number of piperidine rings is 1. The normalized spacial score (nSPS) is 15.2. The molecule has 140 valence electrons. The number of nitrogens with zero attached hydrogens (tertiary/aromatic N) is 5. The van der Waals surface area contributed by atoms with Gasteiger partial charge in [-0.05, 0) is 37.6 Å². The largest absolute Gasteiger partial charge is 0.332 e. The molecule has 0 bridgehead atoms. The van der Waals surface area contributed by atoms with Gasteiger partial charge >= 0.3 is 0 Å². The van der Waals surface area contributed by atoms with Crippen molar-refractivity contribution in [3.63, 3.8) is 0 Å². The molecule has 3 rings (SSSR count). The van der Waals surface area contributed by atoms with Gasteiger partial charge in [0.15, 0.2) is 0 Å². The summed E-state index contributed by atoms with van der Waals surface area (Å²) in [6.45, 7) is 3.94. The summed E-state index contributed by atoms with van der Waals surface area (Å²) in [5.74, 6) is 0.126. The van der Waals surface area contributed by atoms with E-state index >= 15 is 0 Å². The summed E-state index contributed by atoms with van der Waals surface area (Å²) >= 11 is 6.25. The van der Waals surface area contributed by atoms with E-state index in [0.29, 0.717) is 24.5 Å². The molecule has 1 fully saturated rings. The van der Waals surface area contributed by atoms with E-state index < -0.39 is 0 Å². The molecular weight excluding hydrogens is 350 g/mol. The van der Waals surface area contributed by atoms with Crippen LogP contribution in [0.1, 0.15) is 36.9 Å². The number of carbonyl (C=O) groups is 1. The molecule has 7 heteroatoms. The number of hydrogen-bond donors (Lipinski definition) is 0. The van der Waals surface area contributed by atoms with Crippen LogP contribution < -0.4 is 0 Å². The lowest BCUT2D eigenvalue weighted by Gasteiger charge is -2.28. The Kier molecular flexibility index (Phi) is 6.63. The maximum absolute atomic E-state index is 12.9. The number of rotatable bonds is 7. The Morgan fingerprint density at radius 2 is 2.08 bits per heavy atom. The van der Waals surface area contributed by atoms with E-state index in [1.165, 1.54) is 19.3 Å².